The molecule has 0 saturated carbocycles. The lowest BCUT2D eigenvalue weighted by Crippen LogP contribution is -2.53. The van der Waals surface area contributed by atoms with Crippen LogP contribution in [0, 0.1) is 23.6 Å². The predicted octanol–water partition coefficient (Wildman–Crippen LogP) is 4.37. The van der Waals surface area contributed by atoms with Gasteiger partial charge < -0.3 is 14.5 Å². The van der Waals surface area contributed by atoms with Crippen molar-refractivity contribution in [2.45, 2.75) is 6.42 Å². The molecule has 7 nitrogen and oxygen atoms in total. The van der Waals surface area contributed by atoms with Gasteiger partial charge in [-0.15, -0.1) is 0 Å². The zero-order chi connectivity index (χ0) is 25.3. The fraction of sp³-hybridized carbons (Fsp3) is 0.522. The summed E-state index contributed by atoms with van der Waals surface area (Å²) in [4.78, 5) is 16.8. The Morgan fingerprint density at radius 3 is 2.46 bits per heavy atom. The summed E-state index contributed by atoms with van der Waals surface area (Å²) in [5, 5.41) is 1.12. The lowest BCUT2D eigenvalue weighted by Gasteiger charge is -2.35. The zero-order valence-electron chi connectivity index (χ0n) is 19.2. The maximum atomic E-state index is 13.8. The number of urea groups is 1. The molecule has 1 aliphatic carbocycles. The number of piperazine rings is 1. The highest BCUT2D eigenvalue weighted by Gasteiger charge is 2.42. The molecule has 1 unspecified atom stereocenters. The van der Waals surface area contributed by atoms with Crippen LogP contribution in [0.3, 0.4) is 0 Å². The Labute approximate surface area is 220 Å². The van der Waals surface area contributed by atoms with E-state index in [1.807, 2.05) is 6.08 Å². The summed E-state index contributed by atoms with van der Waals surface area (Å²) < 4.78 is 44.7. The smallest absolute Gasteiger partial charge is 0.320 e. The Morgan fingerprint density at radius 2 is 1.83 bits per heavy atom. The monoisotopic (exact) mass is 565 g/mol. The van der Waals surface area contributed by atoms with E-state index in [1.54, 1.807) is 21.9 Å². The first-order valence-corrected chi connectivity index (χ1v) is 14.3. The maximum absolute atomic E-state index is 13.8. The average Bonchev–Trinajstić information content (AvgIpc) is 3.25. The van der Waals surface area contributed by atoms with Crippen molar-refractivity contribution < 1.29 is 22.3 Å². The molecule has 0 spiro atoms. The molecule has 3 atom stereocenters. The van der Waals surface area contributed by atoms with E-state index in [4.69, 9.17) is 39.5 Å². The van der Waals surface area contributed by atoms with Gasteiger partial charge in [0, 0.05) is 56.3 Å². The Bertz CT molecular complexity index is 1140. The lowest BCUT2D eigenvalue weighted by molar-refractivity contribution is 0.139. The van der Waals surface area contributed by atoms with E-state index >= 15 is 0 Å². The number of amides is 2. The van der Waals surface area contributed by atoms with Crippen LogP contribution in [0.15, 0.2) is 40.4 Å². The van der Waals surface area contributed by atoms with Gasteiger partial charge in [0.2, 0.25) is 10.0 Å². The van der Waals surface area contributed by atoms with Crippen LogP contribution in [-0.4, -0.2) is 80.7 Å². The second kappa shape index (κ2) is 10.8. The minimum absolute atomic E-state index is 0.0222. The summed E-state index contributed by atoms with van der Waals surface area (Å²) in [6.45, 7) is 2.49. The molecule has 2 saturated heterocycles. The summed E-state index contributed by atoms with van der Waals surface area (Å²) in [7, 11) is -3.28. The van der Waals surface area contributed by atoms with Crippen molar-refractivity contribution in [3.8, 4) is 5.75 Å². The van der Waals surface area contributed by atoms with E-state index in [0.29, 0.717) is 48.4 Å². The van der Waals surface area contributed by atoms with E-state index in [2.05, 4.69) is 0 Å². The number of sulfonamides is 1. The number of carbonyl (C=O) groups is 1. The van der Waals surface area contributed by atoms with E-state index in [-0.39, 0.29) is 48.5 Å². The first-order valence-electron chi connectivity index (χ1n) is 11.3. The van der Waals surface area contributed by atoms with Gasteiger partial charge >= 0.3 is 6.03 Å². The highest BCUT2D eigenvalue weighted by molar-refractivity contribution is 7.88. The largest absolute Gasteiger partial charge is 0.493 e. The Kier molecular flexibility index (Phi) is 8.22. The van der Waals surface area contributed by atoms with Gasteiger partial charge in [0.15, 0.2) is 0 Å². The summed E-state index contributed by atoms with van der Waals surface area (Å²) >= 11 is 18.2. The minimum atomic E-state index is -3.28. The molecule has 12 heteroatoms. The van der Waals surface area contributed by atoms with E-state index < -0.39 is 15.8 Å². The van der Waals surface area contributed by atoms with Gasteiger partial charge in [-0.05, 0) is 36.5 Å². The van der Waals surface area contributed by atoms with E-state index in [0.717, 1.165) is 0 Å². The van der Waals surface area contributed by atoms with Gasteiger partial charge in [-0.1, -0.05) is 40.9 Å². The minimum Gasteiger partial charge on any atom is -0.493 e. The van der Waals surface area contributed by atoms with Crippen molar-refractivity contribution in [1.29, 1.82) is 0 Å². The van der Waals surface area contributed by atoms with Crippen molar-refractivity contribution in [2.24, 2.45) is 17.8 Å². The van der Waals surface area contributed by atoms with Crippen molar-refractivity contribution in [3.63, 3.8) is 0 Å². The highest BCUT2D eigenvalue weighted by atomic mass is 35.5. The summed E-state index contributed by atoms with van der Waals surface area (Å²) in [5.74, 6) is -0.0824. The fourth-order valence-corrected chi connectivity index (χ4v) is 6.20. The van der Waals surface area contributed by atoms with Crippen LogP contribution >= 0.6 is 34.8 Å². The lowest BCUT2D eigenvalue weighted by atomic mass is 9.80. The predicted molar refractivity (Wildman–Crippen MR) is 135 cm³/mol. The van der Waals surface area contributed by atoms with E-state index in [9.17, 15) is 17.6 Å². The number of ether oxygens (including phenoxy) is 1. The Morgan fingerprint density at radius 1 is 1.11 bits per heavy atom. The number of hydrogen-bond donors (Lipinski definition) is 0. The number of rotatable bonds is 5. The van der Waals surface area contributed by atoms with Crippen LogP contribution < -0.4 is 4.74 Å². The van der Waals surface area contributed by atoms with Crippen LogP contribution in [-0.2, 0) is 10.0 Å². The van der Waals surface area contributed by atoms with Gasteiger partial charge in [0.25, 0.3) is 0 Å². The van der Waals surface area contributed by atoms with Gasteiger partial charge in [0.1, 0.15) is 11.6 Å². The number of nitrogens with zero attached hydrogens (tertiary/aromatic N) is 3. The molecule has 3 aliphatic rings. The Hall–Kier alpha value is -1.52. The molecular formula is C23H27Cl3FN3O4S. The quantitative estimate of drug-likeness (QED) is 0.531. The van der Waals surface area contributed by atoms with Crippen molar-refractivity contribution in [3.05, 3.63) is 51.3 Å². The number of carbonyl (C=O) groups excluding carboxylic acids is 1. The third-order valence-corrected chi connectivity index (χ3v) is 9.23. The van der Waals surface area contributed by atoms with E-state index in [1.165, 1.54) is 22.7 Å². The molecule has 0 aromatic heterocycles. The van der Waals surface area contributed by atoms with Crippen LogP contribution in [0.4, 0.5) is 9.18 Å². The Balaban J connectivity index is 1.45. The molecule has 0 bridgehead atoms. The van der Waals surface area contributed by atoms with Crippen LogP contribution in [0.1, 0.15) is 6.42 Å². The molecule has 0 N–H and O–H groups in total. The number of halogens is 4. The van der Waals surface area contributed by atoms with Crippen LogP contribution in [0.5, 0.6) is 5.75 Å². The third-order valence-electron chi connectivity index (χ3n) is 6.81. The number of allylic oxidation sites excluding steroid dienone is 4. The third kappa shape index (κ3) is 6.25. The van der Waals surface area contributed by atoms with Gasteiger partial charge in [0.05, 0.1) is 22.9 Å². The van der Waals surface area contributed by atoms with Crippen LogP contribution in [0.25, 0.3) is 0 Å². The number of benzene rings is 1. The summed E-state index contributed by atoms with van der Waals surface area (Å²) in [6, 6.07) is 4.18. The molecule has 1 aromatic rings. The molecule has 192 valence electrons. The topological polar surface area (TPSA) is 70.2 Å². The summed E-state index contributed by atoms with van der Waals surface area (Å²) in [6.07, 6.45) is 5.56. The molecule has 35 heavy (non-hydrogen) atoms. The van der Waals surface area contributed by atoms with Crippen molar-refractivity contribution in [2.75, 3.05) is 52.1 Å². The SMILES string of the molecule is CS(=O)(=O)N1CCN(C(=O)N2C[C@@H](COc3ccc(Cl)c(F)c3)[C@H](C3C=CC(Cl)=C(Cl)C3)C2)CC1. The second-order valence-electron chi connectivity index (χ2n) is 9.13. The van der Waals surface area contributed by atoms with Gasteiger partial charge in [-0.2, -0.15) is 4.31 Å². The standard InChI is InChI=1S/C23H27Cl3FN3O4S/c1-35(32,33)30-8-6-28(7-9-30)23(31)29-12-16(14-34-17-3-5-20(25)22(27)11-17)18(13-29)15-2-4-19(24)21(26)10-15/h2-5,11,15-16,18H,6-10,12-14H2,1H3/t15?,16-,18-/m0/s1. The fourth-order valence-electron chi connectivity index (χ4n) is 4.86. The normalized spacial score (nSPS) is 25.9. The highest BCUT2D eigenvalue weighted by Crippen LogP contribution is 2.39. The molecule has 4 rings (SSSR count). The second-order valence-corrected chi connectivity index (χ2v) is 12.4. The first kappa shape index (κ1) is 26.5. The molecule has 2 fully saturated rings. The first-order chi connectivity index (χ1) is 16.5. The zero-order valence-corrected chi connectivity index (χ0v) is 22.3. The number of hydrogen-bond acceptors (Lipinski definition) is 4. The maximum Gasteiger partial charge on any atom is 0.320 e. The molecule has 0 radical (unpaired) electrons. The van der Waals surface area contributed by atoms with Gasteiger partial charge in [-0.25, -0.2) is 17.6 Å². The molecule has 2 aliphatic heterocycles. The molecule has 1 aromatic carbocycles. The van der Waals surface area contributed by atoms with Gasteiger partial charge in [-0.3, -0.25) is 0 Å². The molecule has 2 heterocycles. The average molecular weight is 567 g/mol. The van der Waals surface area contributed by atoms with Crippen molar-refractivity contribution >= 4 is 50.9 Å². The van der Waals surface area contributed by atoms with Crippen LogP contribution in [0.2, 0.25) is 5.02 Å². The molecular weight excluding hydrogens is 540 g/mol. The summed E-state index contributed by atoms with van der Waals surface area (Å²) in [5.41, 5.74) is 0. The number of likely N-dealkylation sites (tertiary alicyclic amines) is 1. The molecule has 2 amide bonds. The van der Waals surface area contributed by atoms with Crippen molar-refractivity contribution in [1.82, 2.24) is 14.1 Å².